The van der Waals surface area contributed by atoms with Gasteiger partial charge in [0.25, 0.3) is 0 Å². The highest BCUT2D eigenvalue weighted by atomic mass is 16.5. The van der Waals surface area contributed by atoms with E-state index in [0.717, 1.165) is 0 Å². The molecule has 96 valence electrons. The maximum Gasteiger partial charge on any atom is 0.338 e. The fourth-order valence-corrected chi connectivity index (χ4v) is 3.97. The van der Waals surface area contributed by atoms with Crippen LogP contribution in [0, 0.1) is 17.8 Å². The highest BCUT2D eigenvalue weighted by Gasteiger charge is 2.49. The maximum atomic E-state index is 12.1. The molecule has 3 aliphatic carbocycles. The Morgan fingerprint density at radius 3 is 2.89 bits per heavy atom. The van der Waals surface area contributed by atoms with E-state index in [1.54, 1.807) is 12.1 Å². The Labute approximate surface area is 112 Å². The molecule has 4 atom stereocenters. The molecule has 0 aliphatic heterocycles. The van der Waals surface area contributed by atoms with Gasteiger partial charge in [-0.3, -0.25) is 0 Å². The van der Waals surface area contributed by atoms with Gasteiger partial charge in [0.15, 0.2) is 0 Å². The van der Waals surface area contributed by atoms with Crippen molar-refractivity contribution in [1.82, 2.24) is 0 Å². The van der Waals surface area contributed by atoms with E-state index in [1.165, 1.54) is 24.8 Å². The molecule has 4 unspecified atom stereocenters. The smallest absolute Gasteiger partial charge is 0.338 e. The van der Waals surface area contributed by atoms with Gasteiger partial charge in [0.05, 0.1) is 5.56 Å². The van der Waals surface area contributed by atoms with Gasteiger partial charge < -0.3 is 4.74 Å². The topological polar surface area (TPSA) is 26.3 Å². The summed E-state index contributed by atoms with van der Waals surface area (Å²) in [4.78, 5) is 12.1. The zero-order chi connectivity index (χ0) is 12.8. The number of carbonyl (C=O) groups excluding carboxylic acids is 1. The van der Waals surface area contributed by atoms with Crippen LogP contribution in [0.15, 0.2) is 47.7 Å². The van der Waals surface area contributed by atoms with Gasteiger partial charge in [-0.05, 0) is 54.9 Å². The summed E-state index contributed by atoms with van der Waals surface area (Å²) in [5, 5.41) is 0. The third-order valence-electron chi connectivity index (χ3n) is 4.80. The predicted octanol–water partition coefficient (Wildman–Crippen LogP) is 3.35. The number of ether oxygens (including phenoxy) is 1. The first-order valence-corrected chi connectivity index (χ1v) is 7.05. The molecule has 3 aliphatic rings. The van der Waals surface area contributed by atoms with Crippen molar-refractivity contribution >= 4 is 5.97 Å². The average Bonchev–Trinajstić information content (AvgIpc) is 3.13. The lowest BCUT2D eigenvalue weighted by Crippen LogP contribution is -2.28. The quantitative estimate of drug-likeness (QED) is 0.596. The zero-order valence-electron chi connectivity index (χ0n) is 10.7. The van der Waals surface area contributed by atoms with Crippen LogP contribution in [0.5, 0.6) is 0 Å². The van der Waals surface area contributed by atoms with E-state index in [-0.39, 0.29) is 12.1 Å². The summed E-state index contributed by atoms with van der Waals surface area (Å²) in [6, 6.07) is 9.23. The molecule has 19 heavy (non-hydrogen) atoms. The Kier molecular flexibility index (Phi) is 2.39. The number of fused-ring (bicyclic) bond motifs is 5. The third kappa shape index (κ3) is 1.67. The minimum atomic E-state index is -0.215. The molecule has 2 fully saturated rings. The van der Waals surface area contributed by atoms with Crippen molar-refractivity contribution in [3.63, 3.8) is 0 Å². The molecule has 0 amide bonds. The van der Waals surface area contributed by atoms with E-state index in [2.05, 4.69) is 5.73 Å². The molecule has 1 aromatic rings. The van der Waals surface area contributed by atoms with Gasteiger partial charge >= 0.3 is 5.97 Å². The lowest BCUT2D eigenvalue weighted by Gasteiger charge is -2.26. The van der Waals surface area contributed by atoms with Crippen LogP contribution in [-0.4, -0.2) is 12.1 Å². The van der Waals surface area contributed by atoms with Crippen LogP contribution in [0.25, 0.3) is 0 Å². The second kappa shape index (κ2) is 4.11. The molecule has 0 aromatic heterocycles. The SMILES string of the molecule is O=C(OC1C=C=C2C3CCC(C3)C21)c1ccccc1. The van der Waals surface area contributed by atoms with Crippen molar-refractivity contribution in [3.05, 3.63) is 53.3 Å². The molecule has 1 aromatic carbocycles. The Balaban J connectivity index is 1.51. The van der Waals surface area contributed by atoms with E-state index < -0.39 is 0 Å². The largest absolute Gasteiger partial charge is 0.453 e. The molecular weight excluding hydrogens is 236 g/mol. The summed E-state index contributed by atoms with van der Waals surface area (Å²) in [6.45, 7) is 0. The number of rotatable bonds is 2. The zero-order valence-corrected chi connectivity index (χ0v) is 10.7. The van der Waals surface area contributed by atoms with Crippen molar-refractivity contribution in [2.45, 2.75) is 25.4 Å². The van der Waals surface area contributed by atoms with Gasteiger partial charge in [-0.15, -0.1) is 5.73 Å². The molecule has 0 heterocycles. The van der Waals surface area contributed by atoms with Gasteiger partial charge in [0.1, 0.15) is 6.10 Å². The molecule has 2 heteroatoms. The summed E-state index contributed by atoms with van der Waals surface area (Å²) < 4.78 is 5.69. The van der Waals surface area contributed by atoms with E-state index in [0.29, 0.717) is 23.3 Å². The first-order valence-electron chi connectivity index (χ1n) is 7.05. The molecule has 0 N–H and O–H groups in total. The fourth-order valence-electron chi connectivity index (χ4n) is 3.97. The monoisotopic (exact) mass is 252 g/mol. The molecule has 0 radical (unpaired) electrons. The Morgan fingerprint density at radius 1 is 1.21 bits per heavy atom. The average molecular weight is 252 g/mol. The van der Waals surface area contributed by atoms with Gasteiger partial charge in [-0.1, -0.05) is 18.2 Å². The Bertz CT molecular complexity index is 581. The van der Waals surface area contributed by atoms with Crippen LogP contribution in [-0.2, 0) is 4.74 Å². The number of esters is 1. The second-order valence-electron chi connectivity index (χ2n) is 5.80. The van der Waals surface area contributed by atoms with Crippen LogP contribution < -0.4 is 0 Å². The Morgan fingerprint density at radius 2 is 2.05 bits per heavy atom. The molecule has 0 spiro atoms. The van der Waals surface area contributed by atoms with Gasteiger partial charge in [0, 0.05) is 5.92 Å². The van der Waals surface area contributed by atoms with E-state index in [1.807, 2.05) is 24.3 Å². The summed E-state index contributed by atoms with van der Waals surface area (Å²) in [5.74, 6) is 1.63. The number of hydrogen-bond acceptors (Lipinski definition) is 2. The highest BCUT2D eigenvalue weighted by Crippen LogP contribution is 2.55. The lowest BCUT2D eigenvalue weighted by atomic mass is 9.84. The van der Waals surface area contributed by atoms with Crippen LogP contribution >= 0.6 is 0 Å². The summed E-state index contributed by atoms with van der Waals surface area (Å²) in [7, 11) is 0. The molecule has 0 saturated heterocycles. The minimum Gasteiger partial charge on any atom is -0.453 e. The molecule has 4 rings (SSSR count). The summed E-state index contributed by atoms with van der Waals surface area (Å²) in [5.41, 5.74) is 5.42. The predicted molar refractivity (Wildman–Crippen MR) is 71.6 cm³/mol. The van der Waals surface area contributed by atoms with Crippen molar-refractivity contribution in [1.29, 1.82) is 0 Å². The first kappa shape index (κ1) is 11.1. The van der Waals surface area contributed by atoms with Crippen LogP contribution in [0.3, 0.4) is 0 Å². The van der Waals surface area contributed by atoms with Crippen LogP contribution in [0.1, 0.15) is 29.6 Å². The molecule has 2 bridgehead atoms. The number of hydrogen-bond donors (Lipinski definition) is 0. The highest BCUT2D eigenvalue weighted by molar-refractivity contribution is 5.89. The third-order valence-corrected chi connectivity index (χ3v) is 4.80. The van der Waals surface area contributed by atoms with Crippen molar-refractivity contribution < 1.29 is 9.53 Å². The van der Waals surface area contributed by atoms with Gasteiger partial charge in [-0.2, -0.15) is 0 Å². The maximum absolute atomic E-state index is 12.1. The lowest BCUT2D eigenvalue weighted by molar-refractivity contribution is 0.0274. The first-order chi connectivity index (χ1) is 9.33. The Hall–Kier alpha value is -1.79. The second-order valence-corrected chi connectivity index (χ2v) is 5.80. The van der Waals surface area contributed by atoms with Crippen LogP contribution in [0.4, 0.5) is 0 Å². The summed E-state index contributed by atoms with van der Waals surface area (Å²) >= 11 is 0. The number of carbonyl (C=O) groups is 1. The van der Waals surface area contributed by atoms with Crippen molar-refractivity contribution in [2.75, 3.05) is 0 Å². The normalized spacial score (nSPS) is 34.2. The summed E-state index contributed by atoms with van der Waals surface area (Å²) in [6.07, 6.45) is 5.74. The van der Waals surface area contributed by atoms with Crippen LogP contribution in [0.2, 0.25) is 0 Å². The van der Waals surface area contributed by atoms with Gasteiger partial charge in [-0.25, -0.2) is 4.79 Å². The molecular formula is C17H16O2. The molecule has 2 saturated carbocycles. The van der Waals surface area contributed by atoms with E-state index in [9.17, 15) is 4.79 Å². The van der Waals surface area contributed by atoms with E-state index >= 15 is 0 Å². The van der Waals surface area contributed by atoms with E-state index in [4.69, 9.17) is 4.74 Å². The van der Waals surface area contributed by atoms with Gasteiger partial charge in [0.2, 0.25) is 0 Å². The minimum absolute atomic E-state index is 0.0852. The molecule has 2 nitrogen and oxygen atoms in total. The van der Waals surface area contributed by atoms with Crippen molar-refractivity contribution in [3.8, 4) is 0 Å². The standard InChI is InChI=1S/C17H16O2/c18-17(11-4-2-1-3-5-11)19-15-9-8-14-12-6-7-13(10-12)16(14)15/h1-5,9,12-13,15-16H,6-7,10H2. The number of benzene rings is 1. The fraction of sp³-hybridized carbons (Fsp3) is 0.412. The van der Waals surface area contributed by atoms with Crippen molar-refractivity contribution in [2.24, 2.45) is 17.8 Å².